The standard InChI is InChI=1S/C19H12ClN7.C19H11ClN4/c20-15-6-1-2-7-16(15)22-18-12-8-9-21-10-14(12)11-4-3-5-13(17(11)23-18)19-24-26-27-25-19;20-16-6-1-2-7-17(16)23-19-14-8-9-22-11-15(14)13-5-3-4-12(10-21)18(13)24-19/h1-10H,(H,22,23)(H,24,25,26,27);1-9,11H,(H,23,24). The van der Waals surface area contributed by atoms with E-state index < -0.39 is 0 Å². The third kappa shape index (κ3) is 6.06. The molecule has 4 aromatic carbocycles. The fraction of sp³-hybridized carbons (Fsp3) is 0. The molecule has 0 amide bonds. The number of anilines is 4. The van der Waals surface area contributed by atoms with Crippen LogP contribution in [0.5, 0.6) is 0 Å². The Kier molecular flexibility index (Phi) is 8.43. The fourth-order valence-corrected chi connectivity index (χ4v) is 6.22. The smallest absolute Gasteiger partial charge is 0.206 e. The normalized spacial score (nSPS) is 10.9. The number of nitriles is 1. The van der Waals surface area contributed by atoms with Crippen LogP contribution in [0.3, 0.4) is 0 Å². The molecule has 0 unspecified atom stereocenters. The maximum Gasteiger partial charge on any atom is 0.206 e. The zero-order chi connectivity index (χ0) is 34.7. The van der Waals surface area contributed by atoms with Crippen molar-refractivity contribution in [3.8, 4) is 17.5 Å². The Bertz CT molecular complexity index is 2760. The molecule has 9 rings (SSSR count). The van der Waals surface area contributed by atoms with Gasteiger partial charge in [0, 0.05) is 62.7 Å². The second kappa shape index (κ2) is 13.6. The van der Waals surface area contributed by atoms with E-state index in [0.29, 0.717) is 38.6 Å². The van der Waals surface area contributed by atoms with E-state index in [1.54, 1.807) is 24.7 Å². The Balaban J connectivity index is 0.000000148. The average molecular weight is 705 g/mol. The van der Waals surface area contributed by atoms with Crippen LogP contribution in [0.1, 0.15) is 5.56 Å². The summed E-state index contributed by atoms with van der Waals surface area (Å²) in [5.41, 5.74) is 4.26. The Morgan fingerprint density at radius 3 is 1.73 bits per heavy atom. The quantitative estimate of drug-likeness (QED) is 0.148. The van der Waals surface area contributed by atoms with Crippen LogP contribution in [0.4, 0.5) is 23.0 Å². The molecule has 0 atom stereocenters. The molecule has 0 aliphatic rings. The van der Waals surface area contributed by atoms with Crippen LogP contribution in [0.15, 0.2) is 122 Å². The summed E-state index contributed by atoms with van der Waals surface area (Å²) >= 11 is 12.6. The molecule has 0 aliphatic heterocycles. The van der Waals surface area contributed by atoms with E-state index in [2.05, 4.69) is 47.3 Å². The topological polar surface area (TPSA) is 154 Å². The van der Waals surface area contributed by atoms with E-state index >= 15 is 0 Å². The number of nitrogens with zero attached hydrogens (tertiary/aromatic N) is 8. The van der Waals surface area contributed by atoms with Crippen molar-refractivity contribution in [2.24, 2.45) is 0 Å². The SMILES string of the molecule is Clc1ccccc1Nc1nc2c(-c3nn[nH]n3)cccc2c2cnccc12.N#Cc1cccc2c1nc(Nc1ccccc1Cl)c1ccncc12. The number of rotatable bonds is 5. The van der Waals surface area contributed by atoms with Crippen LogP contribution < -0.4 is 10.6 Å². The molecule has 3 N–H and O–H groups in total. The second-order valence-corrected chi connectivity index (χ2v) is 12.0. The number of hydrogen-bond donors (Lipinski definition) is 3. The van der Waals surface area contributed by atoms with Crippen molar-refractivity contribution >= 4 is 89.6 Å². The van der Waals surface area contributed by atoms with E-state index in [9.17, 15) is 5.26 Å². The Morgan fingerprint density at radius 1 is 0.588 bits per heavy atom. The maximum absolute atomic E-state index is 9.39. The first-order chi connectivity index (χ1) is 25.1. The summed E-state index contributed by atoms with van der Waals surface area (Å²) in [4.78, 5) is 18.1. The van der Waals surface area contributed by atoms with E-state index in [4.69, 9.17) is 33.2 Å². The number of pyridine rings is 4. The molecular weight excluding hydrogens is 681 g/mol. The van der Waals surface area contributed by atoms with Crippen molar-refractivity contribution in [2.75, 3.05) is 10.6 Å². The minimum Gasteiger partial charge on any atom is -0.338 e. The fourth-order valence-electron chi connectivity index (χ4n) is 5.86. The van der Waals surface area contributed by atoms with Crippen molar-refractivity contribution in [2.45, 2.75) is 0 Å². The van der Waals surface area contributed by atoms with Gasteiger partial charge in [0.1, 0.15) is 17.7 Å². The summed E-state index contributed by atoms with van der Waals surface area (Å²) in [6.07, 6.45) is 7.09. The van der Waals surface area contributed by atoms with Gasteiger partial charge in [-0.25, -0.2) is 9.97 Å². The van der Waals surface area contributed by atoms with Crippen LogP contribution >= 0.6 is 23.2 Å². The predicted molar refractivity (Wildman–Crippen MR) is 201 cm³/mol. The molecule has 0 saturated heterocycles. The molecular formula is C38H23Cl2N11. The lowest BCUT2D eigenvalue weighted by molar-refractivity contribution is 0.881. The van der Waals surface area contributed by atoms with Gasteiger partial charge in [-0.2, -0.15) is 10.5 Å². The van der Waals surface area contributed by atoms with E-state index in [1.807, 2.05) is 97.2 Å². The Morgan fingerprint density at radius 2 is 1.16 bits per heavy atom. The lowest BCUT2D eigenvalue weighted by atomic mass is 10.0. The van der Waals surface area contributed by atoms with Gasteiger partial charge in [-0.1, -0.05) is 71.7 Å². The number of para-hydroxylation sites is 4. The molecule has 0 spiro atoms. The van der Waals surface area contributed by atoms with Gasteiger partial charge in [-0.05, 0) is 53.7 Å². The molecule has 9 aromatic rings. The molecule has 11 nitrogen and oxygen atoms in total. The molecule has 0 aliphatic carbocycles. The molecule has 0 bridgehead atoms. The molecule has 0 radical (unpaired) electrons. The number of H-pyrrole nitrogens is 1. The van der Waals surface area contributed by atoms with Crippen molar-refractivity contribution < 1.29 is 0 Å². The molecule has 0 saturated carbocycles. The van der Waals surface area contributed by atoms with Crippen LogP contribution in [0, 0.1) is 11.3 Å². The molecule has 5 heterocycles. The number of fused-ring (bicyclic) bond motifs is 6. The van der Waals surface area contributed by atoms with Gasteiger partial charge in [-0.15, -0.1) is 10.2 Å². The van der Waals surface area contributed by atoms with Gasteiger partial charge in [0.05, 0.1) is 38.0 Å². The molecule has 51 heavy (non-hydrogen) atoms. The summed E-state index contributed by atoms with van der Waals surface area (Å²) < 4.78 is 0. The third-order valence-electron chi connectivity index (χ3n) is 8.21. The minimum atomic E-state index is 0.486. The number of halogens is 2. The van der Waals surface area contributed by atoms with Gasteiger partial charge in [-0.3, -0.25) is 9.97 Å². The number of benzene rings is 4. The molecule has 13 heteroatoms. The molecule has 0 fully saturated rings. The summed E-state index contributed by atoms with van der Waals surface area (Å²) in [5, 5.41) is 37.2. The monoisotopic (exact) mass is 703 g/mol. The number of aromatic nitrogens is 8. The van der Waals surface area contributed by atoms with Crippen LogP contribution in [0.25, 0.3) is 54.7 Å². The third-order valence-corrected chi connectivity index (χ3v) is 8.87. The second-order valence-electron chi connectivity index (χ2n) is 11.2. The first-order valence-corrected chi connectivity index (χ1v) is 16.3. The zero-order valence-electron chi connectivity index (χ0n) is 26.4. The highest BCUT2D eigenvalue weighted by Crippen LogP contribution is 2.36. The van der Waals surface area contributed by atoms with Crippen molar-refractivity contribution in [3.63, 3.8) is 0 Å². The van der Waals surface area contributed by atoms with Crippen molar-refractivity contribution in [1.82, 2.24) is 40.6 Å². The lowest BCUT2D eigenvalue weighted by Crippen LogP contribution is -1.98. The lowest BCUT2D eigenvalue weighted by Gasteiger charge is -2.13. The van der Waals surface area contributed by atoms with Gasteiger partial charge in [0.15, 0.2) is 0 Å². The van der Waals surface area contributed by atoms with Gasteiger partial charge in [0.25, 0.3) is 0 Å². The minimum absolute atomic E-state index is 0.486. The number of tetrazole rings is 1. The first-order valence-electron chi connectivity index (χ1n) is 15.6. The number of aromatic amines is 1. The predicted octanol–water partition coefficient (Wildman–Crippen LogP) is 9.41. The first kappa shape index (κ1) is 31.5. The largest absolute Gasteiger partial charge is 0.338 e. The highest BCUT2D eigenvalue weighted by molar-refractivity contribution is 6.33. The zero-order valence-corrected chi connectivity index (χ0v) is 27.9. The molecule has 5 aromatic heterocycles. The van der Waals surface area contributed by atoms with Gasteiger partial charge < -0.3 is 10.6 Å². The van der Waals surface area contributed by atoms with E-state index in [1.165, 1.54) is 0 Å². The Hall–Kier alpha value is -6.74. The van der Waals surface area contributed by atoms with Crippen LogP contribution in [-0.2, 0) is 0 Å². The summed E-state index contributed by atoms with van der Waals surface area (Å²) in [5.74, 6) is 1.82. The van der Waals surface area contributed by atoms with E-state index in [-0.39, 0.29) is 0 Å². The highest BCUT2D eigenvalue weighted by Gasteiger charge is 2.16. The van der Waals surface area contributed by atoms with E-state index in [0.717, 1.165) is 54.8 Å². The highest BCUT2D eigenvalue weighted by atomic mass is 35.5. The average Bonchev–Trinajstić information content (AvgIpc) is 3.72. The molecule has 244 valence electrons. The summed E-state index contributed by atoms with van der Waals surface area (Å²) in [6, 6.07) is 32.5. The van der Waals surface area contributed by atoms with Crippen LogP contribution in [0.2, 0.25) is 10.0 Å². The van der Waals surface area contributed by atoms with Crippen molar-refractivity contribution in [3.05, 3.63) is 137 Å². The van der Waals surface area contributed by atoms with Crippen LogP contribution in [-0.4, -0.2) is 40.6 Å². The Labute approximate surface area is 300 Å². The van der Waals surface area contributed by atoms with Gasteiger partial charge in [0.2, 0.25) is 5.82 Å². The van der Waals surface area contributed by atoms with Gasteiger partial charge >= 0.3 is 0 Å². The summed E-state index contributed by atoms with van der Waals surface area (Å²) in [7, 11) is 0. The number of nitrogens with one attached hydrogen (secondary N) is 3. The maximum atomic E-state index is 9.39. The summed E-state index contributed by atoms with van der Waals surface area (Å²) in [6.45, 7) is 0. The van der Waals surface area contributed by atoms with Crippen molar-refractivity contribution in [1.29, 1.82) is 5.26 Å². The number of hydrogen-bond acceptors (Lipinski definition) is 10.